The molecule has 5 nitrogen and oxygen atoms in total. The molecule has 0 heterocycles. The first-order valence-electron chi connectivity index (χ1n) is 6.04. The van der Waals surface area contributed by atoms with Crippen molar-refractivity contribution in [2.75, 3.05) is 0 Å². The molecule has 0 aromatic heterocycles. The lowest BCUT2D eigenvalue weighted by molar-refractivity contribution is 0.0692. The van der Waals surface area contributed by atoms with Crippen molar-refractivity contribution in [1.82, 2.24) is 0 Å². The molecule has 1 aromatic carbocycles. The fourth-order valence-corrected chi connectivity index (χ4v) is 2.19. The van der Waals surface area contributed by atoms with Crippen LogP contribution in [0, 0.1) is 0 Å². The van der Waals surface area contributed by atoms with Crippen LogP contribution in [-0.2, 0) is 0 Å². The van der Waals surface area contributed by atoms with Crippen molar-refractivity contribution < 1.29 is 24.9 Å². The van der Waals surface area contributed by atoms with Gasteiger partial charge in [-0.15, -0.1) is 0 Å². The lowest BCUT2D eigenvalue weighted by atomic mass is 9.98. The molecule has 0 aliphatic heterocycles. The van der Waals surface area contributed by atoms with E-state index in [1.165, 1.54) is 18.6 Å². The fourth-order valence-electron chi connectivity index (χ4n) is 2.19. The van der Waals surface area contributed by atoms with Crippen LogP contribution in [0.25, 0.3) is 0 Å². The van der Waals surface area contributed by atoms with E-state index < -0.39 is 17.5 Å². The summed E-state index contributed by atoms with van der Waals surface area (Å²) in [5, 5.41) is 28.1. The van der Waals surface area contributed by atoms with Gasteiger partial charge in [0, 0.05) is 0 Å². The number of benzene rings is 1. The van der Waals surface area contributed by atoms with Crippen molar-refractivity contribution >= 4 is 5.97 Å². The molecule has 18 heavy (non-hydrogen) atoms. The molecule has 0 unspecified atom stereocenters. The van der Waals surface area contributed by atoms with Gasteiger partial charge in [0.1, 0.15) is 5.56 Å². The minimum Gasteiger partial charge on any atom is -0.504 e. The molecule has 0 amide bonds. The summed E-state index contributed by atoms with van der Waals surface area (Å²) in [6, 6.07) is 2.61. The number of hydrogen-bond donors (Lipinski definition) is 3. The Morgan fingerprint density at radius 3 is 2.39 bits per heavy atom. The van der Waals surface area contributed by atoms with Crippen LogP contribution in [0.15, 0.2) is 12.1 Å². The van der Waals surface area contributed by atoms with Crippen LogP contribution in [0.5, 0.6) is 17.2 Å². The summed E-state index contributed by atoms with van der Waals surface area (Å²) in [5.41, 5.74) is -0.330. The van der Waals surface area contributed by atoms with E-state index in [9.17, 15) is 15.0 Å². The highest BCUT2D eigenvalue weighted by Gasteiger charge is 2.21. The number of aromatic hydroxyl groups is 2. The zero-order chi connectivity index (χ0) is 13.1. The molecule has 1 aliphatic carbocycles. The van der Waals surface area contributed by atoms with Gasteiger partial charge < -0.3 is 20.1 Å². The SMILES string of the molecule is O=C(O)c1ccc(OC2CCCCC2)c(O)c1O. The Balaban J connectivity index is 2.18. The standard InChI is InChI=1S/C13H16O5/c14-11-9(13(16)17)6-7-10(12(11)15)18-8-4-2-1-3-5-8/h6-8,14-15H,1-5H2,(H,16,17). The van der Waals surface area contributed by atoms with Crippen molar-refractivity contribution in [1.29, 1.82) is 0 Å². The molecule has 0 saturated heterocycles. The highest BCUT2D eigenvalue weighted by atomic mass is 16.5. The third-order valence-electron chi connectivity index (χ3n) is 3.19. The number of carbonyl (C=O) groups is 1. The van der Waals surface area contributed by atoms with Gasteiger partial charge in [0.15, 0.2) is 11.5 Å². The molecule has 2 rings (SSSR count). The number of ether oxygens (including phenoxy) is 1. The van der Waals surface area contributed by atoms with Crippen LogP contribution in [0.2, 0.25) is 0 Å². The molecular weight excluding hydrogens is 236 g/mol. The van der Waals surface area contributed by atoms with Gasteiger partial charge in [0.25, 0.3) is 0 Å². The Morgan fingerprint density at radius 1 is 1.11 bits per heavy atom. The summed E-state index contributed by atoms with van der Waals surface area (Å²) in [5.74, 6) is -2.28. The predicted molar refractivity (Wildman–Crippen MR) is 64.2 cm³/mol. The quantitative estimate of drug-likeness (QED) is 0.719. The summed E-state index contributed by atoms with van der Waals surface area (Å²) >= 11 is 0. The summed E-state index contributed by atoms with van der Waals surface area (Å²) in [6.07, 6.45) is 5.23. The second kappa shape index (κ2) is 5.16. The van der Waals surface area contributed by atoms with Gasteiger partial charge in [-0.05, 0) is 37.8 Å². The first-order valence-corrected chi connectivity index (χ1v) is 6.04. The molecule has 3 N–H and O–H groups in total. The van der Waals surface area contributed by atoms with Gasteiger partial charge in [-0.3, -0.25) is 0 Å². The number of aromatic carboxylic acids is 1. The Labute approximate surface area is 105 Å². The van der Waals surface area contributed by atoms with E-state index in [2.05, 4.69) is 0 Å². The van der Waals surface area contributed by atoms with Gasteiger partial charge in [0.2, 0.25) is 5.75 Å². The number of hydrogen-bond acceptors (Lipinski definition) is 4. The third kappa shape index (κ3) is 2.50. The maximum atomic E-state index is 10.8. The number of carboxylic acids is 1. The highest BCUT2D eigenvalue weighted by molar-refractivity contribution is 5.92. The summed E-state index contributed by atoms with van der Waals surface area (Å²) in [4.78, 5) is 10.8. The average Bonchev–Trinajstić information content (AvgIpc) is 2.36. The van der Waals surface area contributed by atoms with Crippen molar-refractivity contribution in [3.8, 4) is 17.2 Å². The lowest BCUT2D eigenvalue weighted by Crippen LogP contribution is -2.19. The largest absolute Gasteiger partial charge is 0.504 e. The first kappa shape index (κ1) is 12.5. The number of phenolic OH excluding ortho intramolecular Hbond substituents is 1. The molecule has 0 radical (unpaired) electrons. The van der Waals surface area contributed by atoms with Gasteiger partial charge in [-0.1, -0.05) is 6.42 Å². The van der Waals surface area contributed by atoms with Gasteiger partial charge in [-0.2, -0.15) is 0 Å². The molecule has 1 aromatic rings. The lowest BCUT2D eigenvalue weighted by Gasteiger charge is -2.23. The second-order valence-electron chi connectivity index (χ2n) is 4.49. The van der Waals surface area contributed by atoms with Crippen molar-refractivity contribution in [2.45, 2.75) is 38.2 Å². The van der Waals surface area contributed by atoms with E-state index in [0.29, 0.717) is 0 Å². The number of phenols is 2. The van der Waals surface area contributed by atoms with Crippen LogP contribution in [-0.4, -0.2) is 27.4 Å². The van der Waals surface area contributed by atoms with Crippen LogP contribution in [0.3, 0.4) is 0 Å². The molecule has 1 aliphatic rings. The Morgan fingerprint density at radius 2 is 1.78 bits per heavy atom. The normalized spacial score (nSPS) is 16.4. The Bertz CT molecular complexity index is 449. The number of carboxylic acid groups (broad SMARTS) is 1. The van der Waals surface area contributed by atoms with Crippen molar-refractivity contribution in [3.05, 3.63) is 17.7 Å². The Kier molecular flexibility index (Phi) is 3.60. The van der Waals surface area contributed by atoms with Crippen LogP contribution in [0.4, 0.5) is 0 Å². The van der Waals surface area contributed by atoms with Crippen LogP contribution in [0.1, 0.15) is 42.5 Å². The van der Waals surface area contributed by atoms with E-state index in [-0.39, 0.29) is 17.4 Å². The maximum absolute atomic E-state index is 10.8. The predicted octanol–water partition coefficient (Wildman–Crippen LogP) is 2.51. The van der Waals surface area contributed by atoms with Crippen LogP contribution >= 0.6 is 0 Å². The van der Waals surface area contributed by atoms with E-state index >= 15 is 0 Å². The van der Waals surface area contributed by atoms with E-state index in [1.54, 1.807) is 0 Å². The van der Waals surface area contributed by atoms with Crippen molar-refractivity contribution in [2.24, 2.45) is 0 Å². The molecule has 0 bridgehead atoms. The number of rotatable bonds is 3. The topological polar surface area (TPSA) is 87.0 Å². The van der Waals surface area contributed by atoms with Crippen LogP contribution < -0.4 is 4.74 Å². The Hall–Kier alpha value is -1.91. The zero-order valence-electron chi connectivity index (χ0n) is 9.93. The van der Waals surface area contributed by atoms with E-state index in [1.807, 2.05) is 0 Å². The van der Waals surface area contributed by atoms with Gasteiger partial charge in [0.05, 0.1) is 6.10 Å². The smallest absolute Gasteiger partial charge is 0.339 e. The third-order valence-corrected chi connectivity index (χ3v) is 3.19. The average molecular weight is 252 g/mol. The first-order chi connectivity index (χ1) is 8.59. The van der Waals surface area contributed by atoms with E-state index in [4.69, 9.17) is 9.84 Å². The maximum Gasteiger partial charge on any atom is 0.339 e. The molecule has 98 valence electrons. The van der Waals surface area contributed by atoms with Crippen molar-refractivity contribution in [3.63, 3.8) is 0 Å². The molecule has 0 atom stereocenters. The summed E-state index contributed by atoms with van der Waals surface area (Å²) < 4.78 is 5.60. The molecule has 5 heteroatoms. The highest BCUT2D eigenvalue weighted by Crippen LogP contribution is 2.39. The fraction of sp³-hybridized carbons (Fsp3) is 0.462. The summed E-state index contributed by atoms with van der Waals surface area (Å²) in [7, 11) is 0. The molecule has 1 fully saturated rings. The molecular formula is C13H16O5. The minimum atomic E-state index is -1.29. The van der Waals surface area contributed by atoms with E-state index in [0.717, 1.165) is 25.7 Å². The second-order valence-corrected chi connectivity index (χ2v) is 4.49. The van der Waals surface area contributed by atoms with Gasteiger partial charge in [-0.25, -0.2) is 4.79 Å². The zero-order valence-corrected chi connectivity index (χ0v) is 9.93. The molecule has 0 spiro atoms. The summed E-state index contributed by atoms with van der Waals surface area (Å²) in [6.45, 7) is 0. The molecule has 1 saturated carbocycles. The van der Waals surface area contributed by atoms with Gasteiger partial charge >= 0.3 is 5.97 Å². The monoisotopic (exact) mass is 252 g/mol. The minimum absolute atomic E-state index is 0.0275.